The summed E-state index contributed by atoms with van der Waals surface area (Å²) >= 11 is 0. The van der Waals surface area contributed by atoms with E-state index in [1.54, 1.807) is 24.3 Å². The molecule has 0 aromatic heterocycles. The highest BCUT2D eigenvalue weighted by Gasteiger charge is 2.30. The van der Waals surface area contributed by atoms with Gasteiger partial charge in [0.05, 0.1) is 0 Å². The number of phenolic OH excluding ortho intramolecular Hbond substituents is 8. The molecule has 0 radical (unpaired) electrons. The number of hydrogen-bond acceptors (Lipinski definition) is 8. The van der Waals surface area contributed by atoms with Gasteiger partial charge in [-0.15, -0.1) is 0 Å². The van der Waals surface area contributed by atoms with Crippen molar-refractivity contribution >= 4 is 0 Å². The summed E-state index contributed by atoms with van der Waals surface area (Å²) in [5.41, 5.74) is 15.3. The zero-order valence-corrected chi connectivity index (χ0v) is 41.6. The first-order chi connectivity index (χ1) is 34.3. The van der Waals surface area contributed by atoms with Gasteiger partial charge in [0, 0.05) is 34.1 Å². The van der Waals surface area contributed by atoms with Crippen molar-refractivity contribution in [1.29, 1.82) is 0 Å². The van der Waals surface area contributed by atoms with E-state index in [2.05, 4.69) is 0 Å². The van der Waals surface area contributed by atoms with Gasteiger partial charge in [-0.2, -0.15) is 0 Å². The number of aromatic hydroxyl groups is 8. The fourth-order valence-electron chi connectivity index (χ4n) is 10.0. The molecule has 0 heterocycles. The Morgan fingerprint density at radius 2 is 0.417 bits per heavy atom. The summed E-state index contributed by atoms with van der Waals surface area (Å²) in [5.74, 6) is -0.626. The first-order valence-electron chi connectivity index (χ1n) is 23.9. The second-order valence-corrected chi connectivity index (χ2v) is 19.5. The van der Waals surface area contributed by atoms with Crippen molar-refractivity contribution in [2.24, 2.45) is 0 Å². The van der Waals surface area contributed by atoms with Crippen molar-refractivity contribution in [3.8, 4) is 90.5 Å². The zero-order chi connectivity index (χ0) is 51.4. The molecule has 0 saturated carbocycles. The molecule has 0 aliphatic carbocycles. The molecule has 0 aliphatic rings. The van der Waals surface area contributed by atoms with Gasteiger partial charge in [-0.05, 0) is 253 Å². The molecular weight excluding hydrogens is 897 g/mol. The molecule has 8 N–H and O–H groups in total. The fraction of sp³-hybridized carbons (Fsp3) is 0.156. The maximum Gasteiger partial charge on any atom is 0.122 e. The van der Waals surface area contributed by atoms with Crippen molar-refractivity contribution in [1.82, 2.24) is 0 Å². The SMILES string of the molecule is Cc1cc(-c2cc(C)c(O)c(C(c3ccc(C(c4cc(-c5ccc(O)c(C)c5)cc(C)c4O)c4cc(-c5ccc(O)c(C)c5)cc(C)c4O)cc3)c3cc(-c4ccc(O)c(C)c4)cc(C)c3O)c2)ccc1O. The van der Waals surface area contributed by atoms with Crippen molar-refractivity contribution < 1.29 is 40.9 Å². The topological polar surface area (TPSA) is 162 Å². The molecule has 0 aliphatic heterocycles. The Kier molecular flexibility index (Phi) is 12.7. The van der Waals surface area contributed by atoms with Crippen LogP contribution < -0.4 is 0 Å². The van der Waals surface area contributed by atoms with Gasteiger partial charge in [-0.3, -0.25) is 0 Å². The van der Waals surface area contributed by atoms with E-state index in [4.69, 9.17) is 0 Å². The summed E-state index contributed by atoms with van der Waals surface area (Å²) in [6.07, 6.45) is 0. The molecule has 8 nitrogen and oxygen atoms in total. The van der Waals surface area contributed by atoms with Crippen LogP contribution in [0.5, 0.6) is 46.0 Å². The molecule has 0 saturated heterocycles. The van der Waals surface area contributed by atoms with Gasteiger partial charge in [0.15, 0.2) is 0 Å². The molecule has 9 rings (SSSR count). The van der Waals surface area contributed by atoms with E-state index in [0.717, 1.165) is 55.6 Å². The van der Waals surface area contributed by atoms with Gasteiger partial charge >= 0.3 is 0 Å². The van der Waals surface area contributed by atoms with Crippen LogP contribution in [0.3, 0.4) is 0 Å². The average Bonchev–Trinajstić information content (AvgIpc) is 3.35. The summed E-state index contributed by atoms with van der Waals surface area (Å²) < 4.78 is 0. The predicted octanol–water partition coefficient (Wildman–Crippen LogP) is 14.8. The lowest BCUT2D eigenvalue weighted by Crippen LogP contribution is -2.09. The molecule has 0 amide bonds. The van der Waals surface area contributed by atoms with Gasteiger partial charge < -0.3 is 40.9 Å². The number of phenols is 8. The van der Waals surface area contributed by atoms with Gasteiger partial charge in [0.25, 0.3) is 0 Å². The van der Waals surface area contributed by atoms with Crippen LogP contribution in [-0.2, 0) is 0 Å². The monoisotopic (exact) mass is 954 g/mol. The predicted molar refractivity (Wildman–Crippen MR) is 287 cm³/mol. The minimum absolute atomic E-state index is 0.0486. The molecule has 362 valence electrons. The minimum atomic E-state index is -0.750. The molecule has 8 heteroatoms. The molecule has 0 bridgehead atoms. The average molecular weight is 955 g/mol. The van der Waals surface area contributed by atoms with Crippen LogP contribution in [0.4, 0.5) is 0 Å². The fourth-order valence-corrected chi connectivity index (χ4v) is 10.0. The van der Waals surface area contributed by atoms with E-state index in [0.29, 0.717) is 66.8 Å². The number of rotatable bonds is 10. The van der Waals surface area contributed by atoms with Crippen molar-refractivity contribution in [3.63, 3.8) is 0 Å². The lowest BCUT2D eigenvalue weighted by atomic mass is 9.78. The second-order valence-electron chi connectivity index (χ2n) is 19.5. The zero-order valence-electron chi connectivity index (χ0n) is 41.6. The third-order valence-electron chi connectivity index (χ3n) is 14.3. The Balaban J connectivity index is 1.29. The van der Waals surface area contributed by atoms with Crippen LogP contribution in [-0.4, -0.2) is 40.9 Å². The van der Waals surface area contributed by atoms with Crippen molar-refractivity contribution in [2.75, 3.05) is 0 Å². The first-order valence-corrected chi connectivity index (χ1v) is 23.9. The summed E-state index contributed by atoms with van der Waals surface area (Å²) in [6, 6.07) is 44.7. The number of benzene rings is 9. The third kappa shape index (κ3) is 9.03. The molecule has 0 unspecified atom stereocenters. The molecular formula is C64H58O8. The van der Waals surface area contributed by atoms with Gasteiger partial charge in [0.1, 0.15) is 46.0 Å². The van der Waals surface area contributed by atoms with E-state index < -0.39 is 11.8 Å². The van der Waals surface area contributed by atoms with Crippen LogP contribution in [0.25, 0.3) is 44.5 Å². The highest BCUT2D eigenvalue weighted by atomic mass is 16.3. The number of hydrogen-bond donors (Lipinski definition) is 8. The first kappa shape index (κ1) is 48.4. The minimum Gasteiger partial charge on any atom is -0.508 e. The summed E-state index contributed by atoms with van der Waals surface area (Å²) in [5, 5.41) is 90.6. The molecule has 0 fully saturated rings. The Bertz CT molecular complexity index is 3160. The van der Waals surface area contributed by atoms with Crippen LogP contribution in [0, 0.1) is 55.4 Å². The Labute approximate surface area is 420 Å². The Morgan fingerprint density at radius 3 is 0.611 bits per heavy atom. The van der Waals surface area contributed by atoms with Crippen LogP contribution in [0.15, 0.2) is 146 Å². The highest BCUT2D eigenvalue weighted by molar-refractivity contribution is 5.76. The molecule has 9 aromatic rings. The standard InChI is InChI=1S/C64H58O8/c1-33-21-43(13-17-55(33)65)47-25-37(5)61(69)51(29-47)59(52-30-48(26-38(6)62(52)70)44-14-18-56(66)34(2)22-44)41-9-11-42(12-10-41)60(53-31-49(27-39(7)63(53)71)45-15-19-57(67)35(3)23-45)54-32-50(28-40(8)64(54)72)46-16-20-58(68)36(4)24-46/h9-32,59-60,65-72H,1-8H3. The van der Waals surface area contributed by atoms with E-state index in [-0.39, 0.29) is 46.0 Å². The second kappa shape index (κ2) is 18.9. The summed E-state index contributed by atoms with van der Waals surface area (Å²) in [7, 11) is 0. The Morgan fingerprint density at radius 1 is 0.222 bits per heavy atom. The normalized spacial score (nSPS) is 11.5. The van der Waals surface area contributed by atoms with Gasteiger partial charge in [0.2, 0.25) is 0 Å². The molecule has 0 atom stereocenters. The van der Waals surface area contributed by atoms with E-state index in [1.165, 1.54) is 0 Å². The van der Waals surface area contributed by atoms with Crippen LogP contribution >= 0.6 is 0 Å². The largest absolute Gasteiger partial charge is 0.508 e. The van der Waals surface area contributed by atoms with Gasteiger partial charge in [-0.25, -0.2) is 0 Å². The summed E-state index contributed by atoms with van der Waals surface area (Å²) in [6.45, 7) is 14.7. The quantitative estimate of drug-likeness (QED) is 0.0629. The third-order valence-corrected chi connectivity index (χ3v) is 14.3. The smallest absolute Gasteiger partial charge is 0.122 e. The van der Waals surface area contributed by atoms with E-state index in [9.17, 15) is 40.9 Å². The number of aryl methyl sites for hydroxylation is 8. The highest BCUT2D eigenvalue weighted by Crippen LogP contribution is 2.49. The van der Waals surface area contributed by atoms with E-state index >= 15 is 0 Å². The van der Waals surface area contributed by atoms with E-state index in [1.807, 2.05) is 177 Å². The Hall–Kier alpha value is -8.62. The molecule has 9 aromatic carbocycles. The molecule has 72 heavy (non-hydrogen) atoms. The van der Waals surface area contributed by atoms with Crippen LogP contribution in [0.1, 0.15) is 89.7 Å². The lowest BCUT2D eigenvalue weighted by Gasteiger charge is -2.27. The van der Waals surface area contributed by atoms with Crippen LogP contribution in [0.2, 0.25) is 0 Å². The van der Waals surface area contributed by atoms with Gasteiger partial charge in [-0.1, -0.05) is 48.5 Å². The van der Waals surface area contributed by atoms with Crippen molar-refractivity contribution in [2.45, 2.75) is 67.2 Å². The molecule has 0 spiro atoms. The maximum atomic E-state index is 12.2. The lowest BCUT2D eigenvalue weighted by molar-refractivity contribution is 0.453. The maximum absolute atomic E-state index is 12.2. The van der Waals surface area contributed by atoms with Crippen molar-refractivity contribution in [3.05, 3.63) is 223 Å². The summed E-state index contributed by atoms with van der Waals surface area (Å²) in [4.78, 5) is 0.